The zero-order valence-corrected chi connectivity index (χ0v) is 17.8. The van der Waals surface area contributed by atoms with E-state index < -0.39 is 0 Å². The minimum Gasteiger partial charge on any atom is -0.332 e. The van der Waals surface area contributed by atoms with E-state index in [2.05, 4.69) is 15.6 Å². The number of fused-ring (bicyclic) bond motifs is 1. The van der Waals surface area contributed by atoms with Crippen molar-refractivity contribution in [1.29, 1.82) is 0 Å². The third-order valence-corrected chi connectivity index (χ3v) is 6.07. The van der Waals surface area contributed by atoms with Gasteiger partial charge in [-0.05, 0) is 55.7 Å². The predicted molar refractivity (Wildman–Crippen MR) is 117 cm³/mol. The number of nitrogens with zero attached hydrogens (tertiary/aromatic N) is 4. The summed E-state index contributed by atoms with van der Waals surface area (Å²) in [4.78, 5) is 26.6. The lowest BCUT2D eigenvalue weighted by molar-refractivity contribution is -0.116. The summed E-state index contributed by atoms with van der Waals surface area (Å²) >= 11 is 6.10. The molecule has 0 unspecified atom stereocenters. The summed E-state index contributed by atoms with van der Waals surface area (Å²) in [7, 11) is 1.60. The standard InChI is InChI=1S/C22H24ClN5O2/c1-14-17(23)8-5-9-18(14)24-21(29)13-27(2)22(30)15-10-11-20-19(12-15)25-26-28(20)16-6-3-4-7-16/h5,8-12,16H,3-4,6-7,13H2,1-2H3,(H,24,29). The van der Waals surface area contributed by atoms with Gasteiger partial charge in [-0.3, -0.25) is 9.59 Å². The Morgan fingerprint density at radius 3 is 2.77 bits per heavy atom. The van der Waals surface area contributed by atoms with Crippen LogP contribution in [-0.4, -0.2) is 45.3 Å². The summed E-state index contributed by atoms with van der Waals surface area (Å²) in [6, 6.07) is 11.1. The first-order chi connectivity index (χ1) is 14.4. The summed E-state index contributed by atoms with van der Waals surface area (Å²) in [5.41, 5.74) is 3.54. The summed E-state index contributed by atoms with van der Waals surface area (Å²) in [5, 5.41) is 11.9. The molecule has 1 heterocycles. The molecule has 8 heteroatoms. The molecule has 1 aromatic heterocycles. The van der Waals surface area contributed by atoms with Gasteiger partial charge in [0.1, 0.15) is 5.52 Å². The van der Waals surface area contributed by atoms with E-state index in [1.54, 1.807) is 37.4 Å². The average Bonchev–Trinajstić information content (AvgIpc) is 3.39. The van der Waals surface area contributed by atoms with E-state index >= 15 is 0 Å². The molecule has 30 heavy (non-hydrogen) atoms. The first-order valence-corrected chi connectivity index (χ1v) is 10.5. The Morgan fingerprint density at radius 1 is 1.23 bits per heavy atom. The van der Waals surface area contributed by atoms with Crippen molar-refractivity contribution in [3.63, 3.8) is 0 Å². The van der Waals surface area contributed by atoms with Gasteiger partial charge in [0, 0.05) is 23.3 Å². The van der Waals surface area contributed by atoms with Gasteiger partial charge in [-0.25, -0.2) is 4.68 Å². The molecular formula is C22H24ClN5O2. The lowest BCUT2D eigenvalue weighted by atomic mass is 10.1. The number of carbonyl (C=O) groups is 2. The highest BCUT2D eigenvalue weighted by Gasteiger charge is 2.21. The molecule has 1 N–H and O–H groups in total. The first-order valence-electron chi connectivity index (χ1n) is 10.1. The number of hydrogen-bond donors (Lipinski definition) is 1. The van der Waals surface area contributed by atoms with Crippen molar-refractivity contribution in [3.05, 3.63) is 52.5 Å². The third kappa shape index (κ3) is 4.03. The maximum absolute atomic E-state index is 12.8. The van der Waals surface area contributed by atoms with Crippen LogP contribution in [0.15, 0.2) is 36.4 Å². The van der Waals surface area contributed by atoms with Gasteiger partial charge >= 0.3 is 0 Å². The van der Waals surface area contributed by atoms with Crippen LogP contribution in [-0.2, 0) is 4.79 Å². The minimum absolute atomic E-state index is 0.0718. The molecule has 7 nitrogen and oxygen atoms in total. The molecule has 1 aliphatic rings. The molecule has 0 spiro atoms. The van der Waals surface area contributed by atoms with Crippen molar-refractivity contribution in [2.45, 2.75) is 38.6 Å². The van der Waals surface area contributed by atoms with Gasteiger partial charge in [0.15, 0.2) is 0 Å². The highest BCUT2D eigenvalue weighted by molar-refractivity contribution is 6.31. The second kappa shape index (κ2) is 8.44. The van der Waals surface area contributed by atoms with Gasteiger partial charge in [0.25, 0.3) is 5.91 Å². The zero-order valence-electron chi connectivity index (χ0n) is 17.1. The minimum atomic E-state index is -0.288. The van der Waals surface area contributed by atoms with E-state index in [1.807, 2.05) is 17.7 Å². The number of hydrogen-bond acceptors (Lipinski definition) is 4. The van der Waals surface area contributed by atoms with Gasteiger partial charge in [-0.2, -0.15) is 0 Å². The highest BCUT2D eigenvalue weighted by Crippen LogP contribution is 2.31. The Hall–Kier alpha value is -2.93. The van der Waals surface area contributed by atoms with Gasteiger partial charge in [-0.1, -0.05) is 35.7 Å². The molecule has 1 fully saturated rings. The maximum atomic E-state index is 12.8. The van der Waals surface area contributed by atoms with Crippen molar-refractivity contribution in [2.75, 3.05) is 18.9 Å². The molecule has 1 saturated carbocycles. The van der Waals surface area contributed by atoms with Gasteiger partial charge < -0.3 is 10.2 Å². The van der Waals surface area contributed by atoms with Crippen LogP contribution in [0.3, 0.4) is 0 Å². The van der Waals surface area contributed by atoms with E-state index in [-0.39, 0.29) is 18.4 Å². The Morgan fingerprint density at radius 2 is 2.00 bits per heavy atom. The van der Waals surface area contributed by atoms with Crippen LogP contribution in [0.25, 0.3) is 11.0 Å². The second-order valence-electron chi connectivity index (χ2n) is 7.80. The molecular weight excluding hydrogens is 402 g/mol. The molecule has 0 atom stereocenters. The predicted octanol–water partition coefficient (Wildman–Crippen LogP) is 4.22. The van der Waals surface area contributed by atoms with Crippen LogP contribution in [0.4, 0.5) is 5.69 Å². The quantitative estimate of drug-likeness (QED) is 0.663. The molecule has 0 bridgehead atoms. The largest absolute Gasteiger partial charge is 0.332 e. The first kappa shape index (κ1) is 20.3. The molecule has 0 radical (unpaired) electrons. The second-order valence-corrected chi connectivity index (χ2v) is 8.20. The fourth-order valence-electron chi connectivity index (χ4n) is 3.93. The van der Waals surface area contributed by atoms with Crippen LogP contribution in [0.5, 0.6) is 0 Å². The average molecular weight is 426 g/mol. The topological polar surface area (TPSA) is 80.1 Å². The number of benzene rings is 2. The number of aromatic nitrogens is 3. The highest BCUT2D eigenvalue weighted by atomic mass is 35.5. The van der Waals surface area contributed by atoms with Crippen LogP contribution in [0.1, 0.15) is 47.6 Å². The monoisotopic (exact) mass is 425 g/mol. The normalized spacial score (nSPS) is 14.2. The summed E-state index contributed by atoms with van der Waals surface area (Å²) in [6.07, 6.45) is 4.65. The number of halogens is 1. The van der Waals surface area contributed by atoms with E-state index in [0.29, 0.717) is 27.8 Å². The molecule has 2 amide bonds. The smallest absolute Gasteiger partial charge is 0.254 e. The zero-order chi connectivity index (χ0) is 21.3. The Labute approximate surface area is 180 Å². The fraction of sp³-hybridized carbons (Fsp3) is 0.364. The number of nitrogens with one attached hydrogen (secondary N) is 1. The van der Waals surface area contributed by atoms with Crippen molar-refractivity contribution in [1.82, 2.24) is 19.9 Å². The number of amides is 2. The van der Waals surface area contributed by atoms with E-state index in [0.717, 1.165) is 23.9 Å². The molecule has 156 valence electrons. The van der Waals surface area contributed by atoms with Gasteiger partial charge in [0.05, 0.1) is 18.1 Å². The molecule has 1 aliphatic carbocycles. The van der Waals surface area contributed by atoms with E-state index in [9.17, 15) is 9.59 Å². The van der Waals surface area contributed by atoms with Crippen molar-refractivity contribution in [3.8, 4) is 0 Å². The van der Waals surface area contributed by atoms with Gasteiger partial charge in [-0.15, -0.1) is 5.10 Å². The molecule has 3 aromatic rings. The number of rotatable bonds is 5. The van der Waals surface area contributed by atoms with Crippen molar-refractivity contribution >= 4 is 40.1 Å². The molecule has 0 aliphatic heterocycles. The summed E-state index contributed by atoms with van der Waals surface area (Å²) in [5.74, 6) is -0.533. The van der Waals surface area contributed by atoms with Crippen LogP contribution in [0.2, 0.25) is 5.02 Å². The molecule has 4 rings (SSSR count). The Bertz CT molecular complexity index is 1100. The van der Waals surface area contributed by atoms with Crippen LogP contribution < -0.4 is 5.32 Å². The third-order valence-electron chi connectivity index (χ3n) is 5.66. The van der Waals surface area contributed by atoms with Crippen molar-refractivity contribution in [2.24, 2.45) is 0 Å². The Balaban J connectivity index is 1.45. The summed E-state index contributed by atoms with van der Waals surface area (Å²) in [6.45, 7) is 1.76. The van der Waals surface area contributed by atoms with Crippen LogP contribution >= 0.6 is 11.6 Å². The molecule has 0 saturated heterocycles. The number of likely N-dealkylation sites (N-methyl/N-ethyl adjacent to an activating group) is 1. The maximum Gasteiger partial charge on any atom is 0.254 e. The van der Waals surface area contributed by atoms with E-state index in [4.69, 9.17) is 11.6 Å². The number of anilines is 1. The molecule has 2 aromatic carbocycles. The lowest BCUT2D eigenvalue weighted by Gasteiger charge is -2.18. The lowest BCUT2D eigenvalue weighted by Crippen LogP contribution is -2.35. The fourth-order valence-corrected chi connectivity index (χ4v) is 4.11. The van der Waals surface area contributed by atoms with E-state index in [1.165, 1.54) is 17.7 Å². The number of carbonyl (C=O) groups excluding carboxylic acids is 2. The van der Waals surface area contributed by atoms with Crippen molar-refractivity contribution < 1.29 is 9.59 Å². The summed E-state index contributed by atoms with van der Waals surface area (Å²) < 4.78 is 1.97. The SMILES string of the molecule is Cc1c(Cl)cccc1NC(=O)CN(C)C(=O)c1ccc2c(c1)nnn2C1CCCC1. The van der Waals surface area contributed by atoms with Gasteiger partial charge in [0.2, 0.25) is 5.91 Å². The Kier molecular flexibility index (Phi) is 5.72. The van der Waals surface area contributed by atoms with Crippen LogP contribution in [0, 0.1) is 6.92 Å².